The molecule has 3 heteroatoms. The van der Waals surface area contributed by atoms with Crippen molar-refractivity contribution in [1.82, 2.24) is 5.32 Å². The molecule has 17 heavy (non-hydrogen) atoms. The van der Waals surface area contributed by atoms with Crippen LogP contribution in [-0.2, 0) is 0 Å². The fourth-order valence-corrected chi connectivity index (χ4v) is 1.86. The summed E-state index contributed by atoms with van der Waals surface area (Å²) < 4.78 is 5.97. The predicted octanol–water partition coefficient (Wildman–Crippen LogP) is 3.81. The van der Waals surface area contributed by atoms with Crippen molar-refractivity contribution in [3.8, 4) is 5.75 Å². The summed E-state index contributed by atoms with van der Waals surface area (Å²) in [6.07, 6.45) is 2.37. The lowest BCUT2D eigenvalue weighted by atomic mass is 10.2. The lowest BCUT2D eigenvalue weighted by molar-refractivity contribution is 0.192. The van der Waals surface area contributed by atoms with Gasteiger partial charge in [0.25, 0.3) is 0 Å². The Kier molecular flexibility index (Phi) is 6.38. The number of aryl methyl sites for hydroxylation is 1. The zero-order chi connectivity index (χ0) is 12.7. The van der Waals surface area contributed by atoms with E-state index in [0.29, 0.717) is 0 Å². The van der Waals surface area contributed by atoms with Crippen molar-refractivity contribution in [1.29, 1.82) is 0 Å². The van der Waals surface area contributed by atoms with Gasteiger partial charge in [0, 0.05) is 11.6 Å². The summed E-state index contributed by atoms with van der Waals surface area (Å²) >= 11 is 5.92. The molecular weight excluding hydrogens is 234 g/mol. The van der Waals surface area contributed by atoms with Gasteiger partial charge in [-0.25, -0.2) is 0 Å². The SMILES string of the molecule is CCCNCC(CC)Oc1ccc(Cl)cc1C. The molecule has 0 amide bonds. The monoisotopic (exact) mass is 255 g/mol. The van der Waals surface area contributed by atoms with Crippen LogP contribution in [0.15, 0.2) is 18.2 Å². The highest BCUT2D eigenvalue weighted by molar-refractivity contribution is 6.30. The van der Waals surface area contributed by atoms with E-state index in [2.05, 4.69) is 19.2 Å². The molecule has 0 aliphatic carbocycles. The van der Waals surface area contributed by atoms with E-state index in [-0.39, 0.29) is 6.10 Å². The van der Waals surface area contributed by atoms with Crippen LogP contribution in [0.2, 0.25) is 5.02 Å². The molecule has 0 aliphatic heterocycles. The molecule has 0 saturated carbocycles. The Hall–Kier alpha value is -0.730. The van der Waals surface area contributed by atoms with E-state index in [1.54, 1.807) is 0 Å². The number of rotatable bonds is 7. The molecule has 2 nitrogen and oxygen atoms in total. The van der Waals surface area contributed by atoms with E-state index in [1.165, 1.54) is 0 Å². The lowest BCUT2D eigenvalue weighted by Crippen LogP contribution is -2.31. The maximum Gasteiger partial charge on any atom is 0.122 e. The van der Waals surface area contributed by atoms with E-state index in [9.17, 15) is 0 Å². The second-order valence-corrected chi connectivity index (χ2v) is 4.70. The first-order chi connectivity index (χ1) is 8.17. The summed E-state index contributed by atoms with van der Waals surface area (Å²) in [4.78, 5) is 0. The highest BCUT2D eigenvalue weighted by atomic mass is 35.5. The van der Waals surface area contributed by atoms with E-state index >= 15 is 0 Å². The Bertz CT molecular complexity index is 341. The number of hydrogen-bond acceptors (Lipinski definition) is 2. The van der Waals surface area contributed by atoms with Crippen molar-refractivity contribution in [2.24, 2.45) is 0 Å². The number of hydrogen-bond donors (Lipinski definition) is 1. The van der Waals surface area contributed by atoms with Crippen molar-refractivity contribution < 1.29 is 4.74 Å². The Morgan fingerprint density at radius 2 is 2.12 bits per heavy atom. The summed E-state index contributed by atoms with van der Waals surface area (Å²) in [7, 11) is 0. The van der Waals surface area contributed by atoms with Crippen molar-refractivity contribution in [3.05, 3.63) is 28.8 Å². The van der Waals surface area contributed by atoms with Gasteiger partial charge in [-0.05, 0) is 50.1 Å². The molecule has 0 aliphatic rings. The smallest absolute Gasteiger partial charge is 0.122 e. The zero-order valence-electron chi connectivity index (χ0n) is 10.9. The molecule has 0 saturated heterocycles. The largest absolute Gasteiger partial charge is 0.489 e. The second kappa shape index (κ2) is 7.57. The number of halogens is 1. The summed E-state index contributed by atoms with van der Waals surface area (Å²) in [6, 6.07) is 5.75. The molecule has 0 radical (unpaired) electrons. The third-order valence-corrected chi connectivity index (χ3v) is 2.92. The quantitative estimate of drug-likeness (QED) is 0.749. The van der Waals surface area contributed by atoms with Gasteiger partial charge < -0.3 is 10.1 Å². The molecular formula is C14H22ClNO. The maximum atomic E-state index is 5.97. The van der Waals surface area contributed by atoms with Gasteiger partial charge in [0.15, 0.2) is 0 Å². The Morgan fingerprint density at radius 1 is 1.35 bits per heavy atom. The summed E-state index contributed by atoms with van der Waals surface area (Å²) in [5.41, 5.74) is 1.09. The molecule has 1 aromatic rings. The molecule has 0 spiro atoms. The third kappa shape index (κ3) is 4.97. The van der Waals surface area contributed by atoms with Crippen LogP contribution in [-0.4, -0.2) is 19.2 Å². The van der Waals surface area contributed by atoms with Gasteiger partial charge >= 0.3 is 0 Å². The van der Waals surface area contributed by atoms with Crippen LogP contribution in [0.1, 0.15) is 32.3 Å². The fraction of sp³-hybridized carbons (Fsp3) is 0.571. The lowest BCUT2D eigenvalue weighted by Gasteiger charge is -2.19. The molecule has 0 heterocycles. The highest BCUT2D eigenvalue weighted by Crippen LogP contribution is 2.23. The van der Waals surface area contributed by atoms with Crippen molar-refractivity contribution in [3.63, 3.8) is 0 Å². The van der Waals surface area contributed by atoms with Crippen LogP contribution < -0.4 is 10.1 Å². The number of benzene rings is 1. The van der Waals surface area contributed by atoms with Crippen LogP contribution in [0.4, 0.5) is 0 Å². The topological polar surface area (TPSA) is 21.3 Å². The van der Waals surface area contributed by atoms with E-state index in [1.807, 2.05) is 25.1 Å². The number of ether oxygens (including phenoxy) is 1. The molecule has 1 aromatic carbocycles. The van der Waals surface area contributed by atoms with E-state index in [0.717, 1.165) is 42.3 Å². The summed E-state index contributed by atoms with van der Waals surface area (Å²) in [5, 5.41) is 4.14. The van der Waals surface area contributed by atoms with Gasteiger partial charge in [-0.1, -0.05) is 25.4 Å². The Balaban J connectivity index is 2.54. The van der Waals surface area contributed by atoms with Crippen LogP contribution in [0.3, 0.4) is 0 Å². The first-order valence-corrected chi connectivity index (χ1v) is 6.68. The minimum atomic E-state index is 0.224. The second-order valence-electron chi connectivity index (χ2n) is 4.26. The highest BCUT2D eigenvalue weighted by Gasteiger charge is 2.09. The molecule has 0 fully saturated rings. The normalized spacial score (nSPS) is 12.5. The molecule has 1 atom stereocenters. The van der Waals surface area contributed by atoms with Gasteiger partial charge in [-0.3, -0.25) is 0 Å². The molecule has 1 rings (SSSR count). The van der Waals surface area contributed by atoms with Crippen molar-refractivity contribution in [2.75, 3.05) is 13.1 Å². The van der Waals surface area contributed by atoms with Gasteiger partial charge in [0.05, 0.1) is 0 Å². The maximum absolute atomic E-state index is 5.97. The Labute approximate surface area is 109 Å². The van der Waals surface area contributed by atoms with E-state index < -0.39 is 0 Å². The van der Waals surface area contributed by atoms with Gasteiger partial charge in [0.1, 0.15) is 11.9 Å². The molecule has 0 aromatic heterocycles. The van der Waals surface area contributed by atoms with Gasteiger partial charge in [0.2, 0.25) is 0 Å². The molecule has 1 unspecified atom stereocenters. The minimum absolute atomic E-state index is 0.224. The number of nitrogens with one attached hydrogen (secondary N) is 1. The van der Waals surface area contributed by atoms with E-state index in [4.69, 9.17) is 16.3 Å². The molecule has 0 bridgehead atoms. The van der Waals surface area contributed by atoms with Gasteiger partial charge in [-0.15, -0.1) is 0 Å². The Morgan fingerprint density at radius 3 is 2.71 bits per heavy atom. The minimum Gasteiger partial charge on any atom is -0.489 e. The first-order valence-electron chi connectivity index (χ1n) is 6.30. The van der Waals surface area contributed by atoms with Crippen LogP contribution >= 0.6 is 11.6 Å². The van der Waals surface area contributed by atoms with Crippen LogP contribution in [0.25, 0.3) is 0 Å². The van der Waals surface area contributed by atoms with Crippen molar-refractivity contribution >= 4 is 11.6 Å². The fourth-order valence-electron chi connectivity index (χ4n) is 1.63. The third-order valence-electron chi connectivity index (χ3n) is 2.68. The van der Waals surface area contributed by atoms with Gasteiger partial charge in [-0.2, -0.15) is 0 Å². The predicted molar refractivity (Wildman–Crippen MR) is 74.1 cm³/mol. The summed E-state index contributed by atoms with van der Waals surface area (Å²) in [6.45, 7) is 8.26. The van der Waals surface area contributed by atoms with Crippen LogP contribution in [0.5, 0.6) is 5.75 Å². The summed E-state index contributed by atoms with van der Waals surface area (Å²) in [5.74, 6) is 0.930. The first kappa shape index (κ1) is 14.3. The van der Waals surface area contributed by atoms with Crippen molar-refractivity contribution in [2.45, 2.75) is 39.7 Å². The zero-order valence-corrected chi connectivity index (χ0v) is 11.7. The average molecular weight is 256 g/mol. The van der Waals surface area contributed by atoms with Crippen LogP contribution in [0, 0.1) is 6.92 Å². The molecule has 96 valence electrons. The molecule has 1 N–H and O–H groups in total. The standard InChI is InChI=1S/C14H22ClNO/c1-4-8-16-10-13(5-2)17-14-7-6-12(15)9-11(14)3/h6-7,9,13,16H,4-5,8,10H2,1-3H3. The average Bonchev–Trinajstić information content (AvgIpc) is 2.31.